The number of hydrogen-bond donors (Lipinski definition) is 2. The number of H-pyrrole nitrogens is 1. The minimum atomic E-state index is -0.558. The monoisotopic (exact) mass is 305 g/mol. The van der Waals surface area contributed by atoms with Crippen molar-refractivity contribution in [3.8, 4) is 0 Å². The Balaban J connectivity index is 1.90. The molecule has 0 aliphatic carbocycles. The Morgan fingerprint density at radius 2 is 2.04 bits per heavy atom. The summed E-state index contributed by atoms with van der Waals surface area (Å²) in [5, 5.41) is 6.95. The zero-order valence-electron chi connectivity index (χ0n) is 12.3. The van der Waals surface area contributed by atoms with E-state index in [0.29, 0.717) is 23.5 Å². The van der Waals surface area contributed by atoms with Gasteiger partial charge in [-0.3, -0.25) is 14.9 Å². The lowest BCUT2D eigenvalue weighted by Crippen LogP contribution is -2.13. The second kappa shape index (κ2) is 6.65. The van der Waals surface area contributed by atoms with E-state index in [1.165, 1.54) is 0 Å². The first-order valence-corrected chi connectivity index (χ1v) is 7.09. The predicted molar refractivity (Wildman–Crippen MR) is 87.8 cm³/mol. The molecule has 0 atom stereocenters. The van der Waals surface area contributed by atoms with Crippen molar-refractivity contribution < 1.29 is 4.79 Å². The molecule has 0 saturated carbocycles. The van der Waals surface area contributed by atoms with E-state index in [4.69, 9.17) is 5.73 Å². The third-order valence-corrected chi connectivity index (χ3v) is 3.31. The Kier molecular flexibility index (Phi) is 4.24. The van der Waals surface area contributed by atoms with E-state index in [0.717, 1.165) is 11.1 Å². The molecule has 0 spiro atoms. The summed E-state index contributed by atoms with van der Waals surface area (Å²) in [4.78, 5) is 20.1. The molecule has 23 heavy (non-hydrogen) atoms. The van der Waals surface area contributed by atoms with Gasteiger partial charge in [0.25, 0.3) is 5.91 Å². The van der Waals surface area contributed by atoms with E-state index in [9.17, 15) is 4.79 Å². The quantitative estimate of drug-likeness (QED) is 0.707. The van der Waals surface area contributed by atoms with Crippen molar-refractivity contribution in [1.29, 1.82) is 0 Å². The highest BCUT2D eigenvalue weighted by molar-refractivity contribution is 5.99. The van der Waals surface area contributed by atoms with E-state index >= 15 is 0 Å². The summed E-state index contributed by atoms with van der Waals surface area (Å²) in [7, 11) is 0. The standard InChI is InChI=1S/C17H15N5O/c18-16(23)15-14(9-13-7-4-8-19-10-13)21-22-17(15)20-11-12-5-2-1-3-6-12/h1-8,10-11H,9H2,(H2,18,23)(H,21,22). The Morgan fingerprint density at radius 3 is 2.74 bits per heavy atom. The summed E-state index contributed by atoms with van der Waals surface area (Å²) in [6.45, 7) is 0. The molecule has 0 unspecified atom stereocenters. The highest BCUT2D eigenvalue weighted by Gasteiger charge is 2.17. The molecule has 0 fully saturated rings. The first-order chi connectivity index (χ1) is 11.2. The number of carbonyl (C=O) groups is 1. The van der Waals surface area contributed by atoms with Crippen LogP contribution in [0, 0.1) is 0 Å². The number of nitrogens with two attached hydrogens (primary N) is 1. The number of rotatable bonds is 5. The molecule has 3 rings (SSSR count). The number of aromatic nitrogens is 3. The summed E-state index contributed by atoms with van der Waals surface area (Å²) in [6.07, 6.45) is 5.57. The Bertz CT molecular complexity index is 825. The fourth-order valence-corrected chi connectivity index (χ4v) is 2.23. The fourth-order valence-electron chi connectivity index (χ4n) is 2.23. The first kappa shape index (κ1) is 14.6. The Hall–Kier alpha value is -3.28. The molecule has 1 amide bonds. The molecule has 0 bridgehead atoms. The van der Waals surface area contributed by atoms with Crippen LogP contribution >= 0.6 is 0 Å². The van der Waals surface area contributed by atoms with Crippen molar-refractivity contribution in [2.75, 3.05) is 0 Å². The Morgan fingerprint density at radius 1 is 1.22 bits per heavy atom. The molecule has 2 heterocycles. The van der Waals surface area contributed by atoms with Gasteiger partial charge in [-0.15, -0.1) is 0 Å². The zero-order chi connectivity index (χ0) is 16.1. The highest BCUT2D eigenvalue weighted by Crippen LogP contribution is 2.21. The van der Waals surface area contributed by atoms with Crippen molar-refractivity contribution in [3.05, 3.63) is 77.2 Å². The smallest absolute Gasteiger partial charge is 0.254 e. The van der Waals surface area contributed by atoms with Gasteiger partial charge in [-0.05, 0) is 17.2 Å². The van der Waals surface area contributed by atoms with Crippen molar-refractivity contribution in [1.82, 2.24) is 15.2 Å². The van der Waals surface area contributed by atoms with E-state index in [1.807, 2.05) is 42.5 Å². The average molecular weight is 305 g/mol. The largest absolute Gasteiger partial charge is 0.365 e. The predicted octanol–water partition coefficient (Wildman–Crippen LogP) is 2.25. The number of nitrogens with one attached hydrogen (secondary N) is 1. The van der Waals surface area contributed by atoms with Gasteiger partial charge < -0.3 is 5.73 Å². The van der Waals surface area contributed by atoms with Gasteiger partial charge >= 0.3 is 0 Å². The molecule has 0 saturated heterocycles. The minimum Gasteiger partial charge on any atom is -0.365 e. The number of primary amides is 1. The van der Waals surface area contributed by atoms with Crippen LogP contribution in [0.5, 0.6) is 0 Å². The number of pyridine rings is 1. The molecule has 3 aromatic rings. The van der Waals surface area contributed by atoms with Crippen LogP contribution in [0.2, 0.25) is 0 Å². The van der Waals surface area contributed by atoms with Crippen LogP contribution in [0.4, 0.5) is 5.82 Å². The SMILES string of the molecule is NC(=O)c1c(N=Cc2ccccc2)n[nH]c1Cc1cccnc1. The van der Waals surface area contributed by atoms with Crippen LogP contribution in [-0.2, 0) is 6.42 Å². The first-order valence-electron chi connectivity index (χ1n) is 7.09. The average Bonchev–Trinajstić information content (AvgIpc) is 2.98. The lowest BCUT2D eigenvalue weighted by molar-refractivity contribution is 0.100. The molecule has 3 N–H and O–H groups in total. The molecule has 0 radical (unpaired) electrons. The second-order valence-corrected chi connectivity index (χ2v) is 4.97. The number of nitrogens with zero attached hydrogens (tertiary/aromatic N) is 3. The number of carbonyl (C=O) groups excluding carboxylic acids is 1. The minimum absolute atomic E-state index is 0.292. The van der Waals surface area contributed by atoms with Crippen molar-refractivity contribution in [2.24, 2.45) is 10.7 Å². The highest BCUT2D eigenvalue weighted by atomic mass is 16.1. The van der Waals surface area contributed by atoms with Crippen LogP contribution in [0.25, 0.3) is 0 Å². The molecule has 114 valence electrons. The maximum absolute atomic E-state index is 11.8. The fraction of sp³-hybridized carbons (Fsp3) is 0.0588. The van der Waals surface area contributed by atoms with Crippen LogP contribution in [0.1, 0.15) is 27.2 Å². The number of aromatic amines is 1. The van der Waals surface area contributed by atoms with Crippen molar-refractivity contribution in [2.45, 2.75) is 6.42 Å². The molecular formula is C17H15N5O. The normalized spacial score (nSPS) is 11.0. The molecule has 6 nitrogen and oxygen atoms in total. The van der Waals surface area contributed by atoms with E-state index in [2.05, 4.69) is 20.2 Å². The van der Waals surface area contributed by atoms with Gasteiger partial charge in [0.15, 0.2) is 5.82 Å². The third kappa shape index (κ3) is 3.49. The van der Waals surface area contributed by atoms with Crippen molar-refractivity contribution >= 4 is 17.9 Å². The van der Waals surface area contributed by atoms with Gasteiger partial charge in [0.05, 0.1) is 5.69 Å². The van der Waals surface area contributed by atoms with Gasteiger partial charge in [-0.1, -0.05) is 36.4 Å². The van der Waals surface area contributed by atoms with Gasteiger partial charge in [-0.2, -0.15) is 5.10 Å². The summed E-state index contributed by atoms with van der Waals surface area (Å²) < 4.78 is 0. The molecule has 0 aliphatic heterocycles. The summed E-state index contributed by atoms with van der Waals surface area (Å²) in [6, 6.07) is 13.3. The van der Waals surface area contributed by atoms with Gasteiger partial charge in [0.2, 0.25) is 0 Å². The van der Waals surface area contributed by atoms with Crippen LogP contribution in [0.15, 0.2) is 59.9 Å². The van der Waals surface area contributed by atoms with Gasteiger partial charge in [0, 0.05) is 25.0 Å². The van der Waals surface area contributed by atoms with E-state index < -0.39 is 5.91 Å². The van der Waals surface area contributed by atoms with Crippen LogP contribution < -0.4 is 5.73 Å². The summed E-state index contributed by atoms with van der Waals surface area (Å²) in [5.41, 5.74) is 8.30. The molecule has 1 aromatic carbocycles. The Labute approximate surface area is 133 Å². The number of hydrogen-bond acceptors (Lipinski definition) is 4. The zero-order valence-corrected chi connectivity index (χ0v) is 12.3. The van der Waals surface area contributed by atoms with Gasteiger partial charge in [0.1, 0.15) is 5.56 Å². The summed E-state index contributed by atoms with van der Waals surface area (Å²) >= 11 is 0. The number of aliphatic imine (C=N–C) groups is 1. The van der Waals surface area contributed by atoms with Crippen LogP contribution in [-0.4, -0.2) is 27.3 Å². The van der Waals surface area contributed by atoms with Crippen molar-refractivity contribution in [3.63, 3.8) is 0 Å². The van der Waals surface area contributed by atoms with E-state index in [-0.39, 0.29) is 0 Å². The van der Waals surface area contributed by atoms with Gasteiger partial charge in [-0.25, -0.2) is 4.99 Å². The molecule has 2 aromatic heterocycles. The maximum Gasteiger partial charge on any atom is 0.254 e. The second-order valence-electron chi connectivity index (χ2n) is 4.97. The number of amides is 1. The lowest BCUT2D eigenvalue weighted by atomic mass is 10.1. The van der Waals surface area contributed by atoms with Crippen LogP contribution in [0.3, 0.4) is 0 Å². The maximum atomic E-state index is 11.8. The topological polar surface area (TPSA) is 97.0 Å². The molecule has 6 heteroatoms. The van der Waals surface area contributed by atoms with E-state index in [1.54, 1.807) is 18.6 Å². The molecule has 0 aliphatic rings. The number of benzene rings is 1. The molecular weight excluding hydrogens is 290 g/mol. The lowest BCUT2D eigenvalue weighted by Gasteiger charge is -2.00. The third-order valence-electron chi connectivity index (χ3n) is 3.31. The summed E-state index contributed by atoms with van der Waals surface area (Å²) in [5.74, 6) is -0.266.